The van der Waals surface area contributed by atoms with Gasteiger partial charge in [0.25, 0.3) is 0 Å². The number of rotatable bonds is 4. The van der Waals surface area contributed by atoms with Crippen molar-refractivity contribution < 1.29 is 9.84 Å². The molecule has 0 aliphatic rings. The first-order valence-corrected chi connectivity index (χ1v) is 5.19. The molecule has 0 saturated carbocycles. The second kappa shape index (κ2) is 5.24. The van der Waals surface area contributed by atoms with Crippen LogP contribution in [0.5, 0.6) is 11.5 Å². The van der Waals surface area contributed by atoms with Crippen LogP contribution in [0, 0.1) is 6.92 Å². The molecule has 1 aromatic carbocycles. The number of hydrogen-bond donors (Lipinski definition) is 2. The zero-order valence-corrected chi connectivity index (χ0v) is 9.98. The maximum Gasteiger partial charge on any atom is 0.162 e. The molecule has 0 spiro atoms. The topological polar surface area (TPSA) is 41.5 Å². The fourth-order valence-electron chi connectivity index (χ4n) is 1.45. The molecule has 0 radical (unpaired) electrons. The number of benzene rings is 1. The van der Waals surface area contributed by atoms with Gasteiger partial charge in [-0.15, -0.1) is 0 Å². The van der Waals surface area contributed by atoms with Crippen molar-refractivity contribution in [3.05, 3.63) is 22.2 Å². The molecule has 0 saturated heterocycles. The lowest BCUT2D eigenvalue weighted by Crippen LogP contribution is -2.11. The van der Waals surface area contributed by atoms with Gasteiger partial charge in [-0.2, -0.15) is 0 Å². The van der Waals surface area contributed by atoms with E-state index >= 15 is 0 Å². The van der Waals surface area contributed by atoms with Crippen LogP contribution in [0.3, 0.4) is 0 Å². The van der Waals surface area contributed by atoms with Crippen molar-refractivity contribution in [2.24, 2.45) is 0 Å². The van der Waals surface area contributed by atoms with Gasteiger partial charge in [-0.3, -0.25) is 0 Å². The number of hydrogen-bond acceptors (Lipinski definition) is 3. The van der Waals surface area contributed by atoms with Gasteiger partial charge in [-0.1, -0.05) is 11.6 Å². The number of likely N-dealkylation sites (N-methyl/N-ethyl adjacent to an activating group) is 1. The molecular weight excluding hydrogens is 214 g/mol. The maximum absolute atomic E-state index is 9.88. The minimum atomic E-state index is 0.142. The van der Waals surface area contributed by atoms with Gasteiger partial charge >= 0.3 is 0 Å². The summed E-state index contributed by atoms with van der Waals surface area (Å²) in [5.41, 5.74) is 1.65. The van der Waals surface area contributed by atoms with Crippen LogP contribution in [0.15, 0.2) is 6.07 Å². The molecule has 4 heteroatoms. The molecule has 3 nitrogen and oxygen atoms in total. The summed E-state index contributed by atoms with van der Waals surface area (Å²) in [6.07, 6.45) is 0.680. The Hall–Kier alpha value is -0.930. The van der Waals surface area contributed by atoms with Crippen LogP contribution < -0.4 is 10.1 Å². The first kappa shape index (κ1) is 12.1. The summed E-state index contributed by atoms with van der Waals surface area (Å²) in [5.74, 6) is 0.617. The Kier molecular flexibility index (Phi) is 4.24. The van der Waals surface area contributed by atoms with E-state index in [0.29, 0.717) is 17.2 Å². The lowest BCUT2D eigenvalue weighted by molar-refractivity contribution is 0.370. The minimum Gasteiger partial charge on any atom is -0.504 e. The van der Waals surface area contributed by atoms with E-state index in [1.165, 1.54) is 7.11 Å². The molecule has 0 atom stereocenters. The number of aromatic hydroxyl groups is 1. The van der Waals surface area contributed by atoms with Gasteiger partial charge in [-0.25, -0.2) is 0 Å². The summed E-state index contributed by atoms with van der Waals surface area (Å²) in [7, 11) is 3.39. The lowest BCUT2D eigenvalue weighted by atomic mass is 10.1. The molecule has 0 aliphatic heterocycles. The number of phenols is 1. The third-order valence-corrected chi connectivity index (χ3v) is 2.85. The summed E-state index contributed by atoms with van der Waals surface area (Å²) in [4.78, 5) is 0. The first-order valence-electron chi connectivity index (χ1n) is 4.81. The number of halogens is 1. The quantitative estimate of drug-likeness (QED) is 0.831. The van der Waals surface area contributed by atoms with E-state index in [0.717, 1.165) is 17.7 Å². The fourth-order valence-corrected chi connectivity index (χ4v) is 1.69. The van der Waals surface area contributed by atoms with Crippen molar-refractivity contribution in [3.8, 4) is 11.5 Å². The van der Waals surface area contributed by atoms with Crippen molar-refractivity contribution in [2.75, 3.05) is 20.7 Å². The van der Waals surface area contributed by atoms with E-state index < -0.39 is 0 Å². The molecular formula is C11H16ClNO2. The lowest BCUT2D eigenvalue weighted by Gasteiger charge is -2.13. The fraction of sp³-hybridized carbons (Fsp3) is 0.455. The Labute approximate surface area is 95.0 Å². The zero-order chi connectivity index (χ0) is 11.4. The average molecular weight is 230 g/mol. The highest BCUT2D eigenvalue weighted by Crippen LogP contribution is 2.37. The highest BCUT2D eigenvalue weighted by atomic mass is 35.5. The SMILES string of the molecule is CNCCc1c(O)c(OC)cc(C)c1Cl. The summed E-state index contributed by atoms with van der Waals surface area (Å²) >= 11 is 6.12. The van der Waals surface area contributed by atoms with Crippen LogP contribution >= 0.6 is 11.6 Å². The molecule has 0 fully saturated rings. The van der Waals surface area contributed by atoms with E-state index in [2.05, 4.69) is 5.32 Å². The van der Waals surface area contributed by atoms with E-state index in [1.807, 2.05) is 14.0 Å². The number of aryl methyl sites for hydroxylation is 1. The van der Waals surface area contributed by atoms with Gasteiger partial charge in [0.15, 0.2) is 11.5 Å². The number of methoxy groups -OCH3 is 1. The molecule has 15 heavy (non-hydrogen) atoms. The molecule has 0 bridgehead atoms. The normalized spacial score (nSPS) is 10.4. The van der Waals surface area contributed by atoms with Crippen LogP contribution in [0.25, 0.3) is 0 Å². The van der Waals surface area contributed by atoms with Crippen molar-refractivity contribution in [1.82, 2.24) is 5.32 Å². The Morgan fingerprint density at radius 3 is 2.73 bits per heavy atom. The average Bonchev–Trinajstić information content (AvgIpc) is 2.23. The second-order valence-corrected chi connectivity index (χ2v) is 3.77. The van der Waals surface area contributed by atoms with Crippen molar-refractivity contribution >= 4 is 11.6 Å². The molecule has 0 amide bonds. The van der Waals surface area contributed by atoms with Crippen LogP contribution in [-0.4, -0.2) is 25.8 Å². The van der Waals surface area contributed by atoms with Gasteiger partial charge < -0.3 is 15.2 Å². The van der Waals surface area contributed by atoms with Crippen LogP contribution in [0.2, 0.25) is 5.02 Å². The Morgan fingerprint density at radius 2 is 2.20 bits per heavy atom. The van der Waals surface area contributed by atoms with Gasteiger partial charge in [0.2, 0.25) is 0 Å². The van der Waals surface area contributed by atoms with Gasteiger partial charge in [0, 0.05) is 5.56 Å². The van der Waals surface area contributed by atoms with Crippen molar-refractivity contribution in [3.63, 3.8) is 0 Å². The largest absolute Gasteiger partial charge is 0.504 e. The summed E-state index contributed by atoms with van der Waals surface area (Å²) in [6.45, 7) is 2.66. The van der Waals surface area contributed by atoms with Crippen molar-refractivity contribution in [2.45, 2.75) is 13.3 Å². The molecule has 1 rings (SSSR count). The first-order chi connectivity index (χ1) is 7.11. The molecule has 0 heterocycles. The smallest absolute Gasteiger partial charge is 0.162 e. The zero-order valence-electron chi connectivity index (χ0n) is 9.22. The second-order valence-electron chi connectivity index (χ2n) is 3.39. The highest BCUT2D eigenvalue weighted by Gasteiger charge is 2.14. The third kappa shape index (κ3) is 2.55. The van der Waals surface area contributed by atoms with Crippen LogP contribution in [-0.2, 0) is 6.42 Å². The van der Waals surface area contributed by atoms with E-state index in [-0.39, 0.29) is 5.75 Å². The van der Waals surface area contributed by atoms with E-state index in [1.54, 1.807) is 6.07 Å². The molecule has 84 valence electrons. The summed E-state index contributed by atoms with van der Waals surface area (Å²) < 4.78 is 5.07. The molecule has 0 aliphatic carbocycles. The van der Waals surface area contributed by atoms with Gasteiger partial charge in [0.05, 0.1) is 12.1 Å². The van der Waals surface area contributed by atoms with Crippen LogP contribution in [0.1, 0.15) is 11.1 Å². The monoisotopic (exact) mass is 229 g/mol. The van der Waals surface area contributed by atoms with E-state index in [4.69, 9.17) is 16.3 Å². The molecule has 0 unspecified atom stereocenters. The summed E-state index contributed by atoms with van der Waals surface area (Å²) in [6, 6.07) is 1.74. The summed E-state index contributed by atoms with van der Waals surface area (Å²) in [5, 5.41) is 13.5. The molecule has 2 N–H and O–H groups in total. The number of nitrogens with one attached hydrogen (secondary N) is 1. The number of phenolic OH excluding ortho intramolecular Hbond substituents is 1. The third-order valence-electron chi connectivity index (χ3n) is 2.32. The van der Waals surface area contributed by atoms with Crippen molar-refractivity contribution in [1.29, 1.82) is 0 Å². The molecule has 1 aromatic rings. The van der Waals surface area contributed by atoms with Gasteiger partial charge in [-0.05, 0) is 38.6 Å². The Bertz CT molecular complexity index is 353. The predicted octanol–water partition coefficient (Wildman–Crippen LogP) is 2.12. The highest BCUT2D eigenvalue weighted by molar-refractivity contribution is 6.32. The minimum absolute atomic E-state index is 0.142. The Morgan fingerprint density at radius 1 is 1.53 bits per heavy atom. The predicted molar refractivity (Wildman–Crippen MR) is 62.0 cm³/mol. The standard InChI is InChI=1S/C11H16ClNO2/c1-7-6-9(15-3)11(14)8(10(7)12)4-5-13-2/h6,13-14H,4-5H2,1-3H3. The maximum atomic E-state index is 9.88. The van der Waals surface area contributed by atoms with E-state index in [9.17, 15) is 5.11 Å². The van der Waals surface area contributed by atoms with Gasteiger partial charge in [0.1, 0.15) is 0 Å². The Balaban J connectivity index is 3.15. The molecule has 0 aromatic heterocycles. The van der Waals surface area contributed by atoms with Crippen LogP contribution in [0.4, 0.5) is 0 Å². The number of ether oxygens (including phenoxy) is 1.